The molecule has 4 heterocycles. The molecular formula is C36H30BrN5S. The van der Waals surface area contributed by atoms with Crippen LogP contribution in [0.1, 0.15) is 31.0 Å². The van der Waals surface area contributed by atoms with Crippen LogP contribution in [0.15, 0.2) is 102 Å². The molecule has 5 nitrogen and oxygen atoms in total. The number of aryl methyl sites for hydroxylation is 3. The van der Waals surface area contributed by atoms with Crippen molar-refractivity contribution in [1.29, 1.82) is 0 Å². The second kappa shape index (κ2) is 10.5. The molecule has 0 unspecified atom stereocenters. The Bertz CT molecular complexity index is 2170. The molecule has 0 spiro atoms. The topological polar surface area (TPSA) is 39.2 Å². The molecule has 3 aromatic heterocycles. The predicted octanol–water partition coefficient (Wildman–Crippen LogP) is 9.48. The Balaban J connectivity index is 1.31. The Hall–Kier alpha value is -4.20. The van der Waals surface area contributed by atoms with Crippen molar-refractivity contribution >= 4 is 66.3 Å². The standard InChI is InChI=1S/C36H30BrN5S/c1-2-40-30-14-7-6-12-27(30)29-22-26(19-20-31(29)40)38-35(43)33-32(23-10-4-3-5-11-23)28-13-8-9-21-41-34(39-42(33)36(28)41)24-15-17-25(37)18-16-24/h3-7,10-12,14-20,22H,2,8-9,13,21H2,1H3,(H,38,43). The average molecular weight is 645 g/mol. The molecule has 1 N–H and O–H groups in total. The van der Waals surface area contributed by atoms with Gasteiger partial charge in [0.05, 0.1) is 0 Å². The lowest BCUT2D eigenvalue weighted by Gasteiger charge is -2.12. The quantitative estimate of drug-likeness (QED) is 0.190. The highest BCUT2D eigenvalue weighted by atomic mass is 79.9. The van der Waals surface area contributed by atoms with Crippen molar-refractivity contribution < 1.29 is 0 Å². The van der Waals surface area contributed by atoms with Gasteiger partial charge in [-0.05, 0) is 68.1 Å². The van der Waals surface area contributed by atoms with Gasteiger partial charge in [-0.25, -0.2) is 4.52 Å². The van der Waals surface area contributed by atoms with Crippen LogP contribution in [-0.4, -0.2) is 23.7 Å². The highest BCUT2D eigenvalue weighted by molar-refractivity contribution is 9.10. The second-order valence-corrected chi connectivity index (χ2v) is 12.5. The lowest BCUT2D eigenvalue weighted by molar-refractivity contribution is 0.645. The lowest BCUT2D eigenvalue weighted by atomic mass is 9.98. The molecule has 43 heavy (non-hydrogen) atoms. The maximum Gasteiger partial charge on any atom is 0.162 e. The number of nitrogens with zero attached hydrogens (tertiary/aromatic N) is 4. The van der Waals surface area contributed by atoms with Gasteiger partial charge in [0.2, 0.25) is 0 Å². The molecule has 0 atom stereocenters. The van der Waals surface area contributed by atoms with Crippen molar-refractivity contribution in [3.05, 3.63) is 113 Å². The van der Waals surface area contributed by atoms with E-state index >= 15 is 0 Å². The van der Waals surface area contributed by atoms with Crippen LogP contribution in [0.4, 0.5) is 5.69 Å². The van der Waals surface area contributed by atoms with Crippen LogP contribution in [0.2, 0.25) is 0 Å². The van der Waals surface area contributed by atoms with Crippen LogP contribution >= 0.6 is 28.1 Å². The minimum absolute atomic E-state index is 0.672. The highest BCUT2D eigenvalue weighted by Gasteiger charge is 2.29. The van der Waals surface area contributed by atoms with E-state index in [2.05, 4.69) is 139 Å². The second-order valence-electron chi connectivity index (χ2n) is 11.2. The maximum atomic E-state index is 6.27. The van der Waals surface area contributed by atoms with Crippen molar-refractivity contribution in [2.75, 3.05) is 5.32 Å². The molecular weight excluding hydrogens is 614 g/mol. The van der Waals surface area contributed by atoms with E-state index in [1.807, 2.05) is 0 Å². The Morgan fingerprint density at radius 1 is 0.860 bits per heavy atom. The zero-order valence-electron chi connectivity index (χ0n) is 23.8. The summed E-state index contributed by atoms with van der Waals surface area (Å²) in [5.74, 6) is 0.975. The average Bonchev–Trinajstić information content (AvgIpc) is 3.60. The van der Waals surface area contributed by atoms with Crippen molar-refractivity contribution in [3.63, 3.8) is 0 Å². The number of nitrogens with one attached hydrogen (secondary N) is 1. The molecule has 0 bridgehead atoms. The molecule has 1 aliphatic rings. The van der Waals surface area contributed by atoms with Crippen LogP contribution in [0, 0.1) is 0 Å². The minimum Gasteiger partial charge on any atom is -0.345 e. The summed E-state index contributed by atoms with van der Waals surface area (Å²) in [7, 11) is 0. The van der Waals surface area contributed by atoms with E-state index in [9.17, 15) is 0 Å². The van der Waals surface area contributed by atoms with E-state index in [0.717, 1.165) is 65.2 Å². The summed E-state index contributed by atoms with van der Waals surface area (Å²) in [6, 6.07) is 34.3. The predicted molar refractivity (Wildman–Crippen MR) is 185 cm³/mol. The molecule has 8 rings (SSSR count). The van der Waals surface area contributed by atoms with Crippen LogP contribution in [0.25, 0.3) is 50.0 Å². The lowest BCUT2D eigenvalue weighted by Crippen LogP contribution is -2.15. The van der Waals surface area contributed by atoms with Gasteiger partial charge in [-0.1, -0.05) is 88.8 Å². The van der Waals surface area contributed by atoms with Crippen LogP contribution in [0.3, 0.4) is 0 Å². The molecule has 0 saturated heterocycles. The fourth-order valence-electron chi connectivity index (χ4n) is 6.84. The molecule has 7 aromatic rings. The summed E-state index contributed by atoms with van der Waals surface area (Å²) < 4.78 is 7.94. The molecule has 1 aliphatic heterocycles. The number of benzene rings is 4. The number of aromatic nitrogens is 4. The van der Waals surface area contributed by atoms with Gasteiger partial charge in [-0.3, -0.25) is 0 Å². The number of fused-ring (bicyclic) bond motifs is 3. The van der Waals surface area contributed by atoms with E-state index in [1.165, 1.54) is 38.5 Å². The summed E-state index contributed by atoms with van der Waals surface area (Å²) in [6.07, 6.45) is 3.23. The zero-order valence-corrected chi connectivity index (χ0v) is 26.3. The number of anilines is 1. The third kappa shape index (κ3) is 4.25. The van der Waals surface area contributed by atoms with Crippen molar-refractivity contribution in [3.8, 4) is 22.5 Å². The Kier molecular flexibility index (Phi) is 6.46. The SMILES string of the molecule is CCn1c2ccccc2c2cc(NC(=S)c3c(-c4ccccc4)c4c5n(c(-c6ccc(Br)cc6)nn35)CCCC4)ccc21. The van der Waals surface area contributed by atoms with Crippen molar-refractivity contribution in [2.45, 2.75) is 39.3 Å². The van der Waals surface area contributed by atoms with Crippen molar-refractivity contribution in [2.24, 2.45) is 0 Å². The number of hydrogen-bond acceptors (Lipinski definition) is 2. The van der Waals surface area contributed by atoms with Crippen LogP contribution in [-0.2, 0) is 19.5 Å². The first-order chi connectivity index (χ1) is 21.1. The molecule has 7 heteroatoms. The van der Waals surface area contributed by atoms with Gasteiger partial charge in [0.1, 0.15) is 16.3 Å². The summed E-state index contributed by atoms with van der Waals surface area (Å²) in [6.45, 7) is 4.05. The monoisotopic (exact) mass is 643 g/mol. The van der Waals surface area contributed by atoms with Crippen molar-refractivity contribution in [1.82, 2.24) is 18.7 Å². The smallest absolute Gasteiger partial charge is 0.162 e. The molecule has 0 aliphatic carbocycles. The summed E-state index contributed by atoms with van der Waals surface area (Å²) in [5.41, 5.74) is 10.3. The number of thiocarbonyl (C=S) groups is 1. The van der Waals surface area contributed by atoms with Crippen LogP contribution < -0.4 is 5.32 Å². The normalized spacial score (nSPS) is 13.2. The van der Waals surface area contributed by atoms with Gasteiger partial charge in [0.15, 0.2) is 5.82 Å². The number of rotatable bonds is 5. The van der Waals surface area contributed by atoms with E-state index in [-0.39, 0.29) is 0 Å². The van der Waals surface area contributed by atoms with E-state index in [1.54, 1.807) is 0 Å². The van der Waals surface area contributed by atoms with Crippen LogP contribution in [0.5, 0.6) is 0 Å². The fourth-order valence-corrected chi connectivity index (χ4v) is 7.41. The van der Waals surface area contributed by atoms with E-state index < -0.39 is 0 Å². The fraction of sp³-hybridized carbons (Fsp3) is 0.167. The molecule has 0 radical (unpaired) electrons. The first-order valence-electron chi connectivity index (χ1n) is 14.9. The van der Waals surface area contributed by atoms with Gasteiger partial charge in [0.25, 0.3) is 0 Å². The third-order valence-electron chi connectivity index (χ3n) is 8.71. The van der Waals surface area contributed by atoms with Gasteiger partial charge in [0, 0.05) is 61.7 Å². The summed E-state index contributed by atoms with van der Waals surface area (Å²) >= 11 is 9.86. The van der Waals surface area contributed by atoms with Gasteiger partial charge >= 0.3 is 0 Å². The zero-order chi connectivity index (χ0) is 29.1. The summed E-state index contributed by atoms with van der Waals surface area (Å²) in [5, 5.41) is 11.4. The third-order valence-corrected chi connectivity index (χ3v) is 9.54. The Morgan fingerprint density at radius 2 is 1.63 bits per heavy atom. The number of halogens is 1. The Labute approximate surface area is 263 Å². The number of hydrogen-bond donors (Lipinski definition) is 1. The summed E-state index contributed by atoms with van der Waals surface area (Å²) in [4.78, 5) is 0.672. The molecule has 212 valence electrons. The van der Waals surface area contributed by atoms with E-state index in [0.29, 0.717) is 4.99 Å². The molecule has 0 amide bonds. The molecule has 4 aromatic carbocycles. The van der Waals surface area contributed by atoms with Gasteiger partial charge in [-0.2, -0.15) is 0 Å². The van der Waals surface area contributed by atoms with E-state index in [4.69, 9.17) is 17.3 Å². The van der Waals surface area contributed by atoms with Gasteiger partial charge in [-0.15, -0.1) is 5.10 Å². The number of para-hydroxylation sites is 1. The van der Waals surface area contributed by atoms with Gasteiger partial charge < -0.3 is 14.5 Å². The highest BCUT2D eigenvalue weighted by Crippen LogP contribution is 2.39. The minimum atomic E-state index is 0.672. The first kappa shape index (κ1) is 26.4. The molecule has 0 saturated carbocycles. The Morgan fingerprint density at radius 3 is 2.44 bits per heavy atom. The first-order valence-corrected chi connectivity index (χ1v) is 16.1. The largest absolute Gasteiger partial charge is 0.345 e. The molecule has 0 fully saturated rings. The maximum absolute atomic E-state index is 6.27.